The summed E-state index contributed by atoms with van der Waals surface area (Å²) in [5.74, 6) is 0.659. The van der Waals surface area contributed by atoms with Crippen molar-refractivity contribution >= 4 is 35.5 Å². The van der Waals surface area contributed by atoms with Crippen molar-refractivity contribution in [2.75, 3.05) is 38.1 Å². The largest absolute Gasteiger partial charge is 0.497 e. The van der Waals surface area contributed by atoms with Crippen LogP contribution in [0.4, 0.5) is 11.4 Å². The Morgan fingerprint density at radius 3 is 1.65 bits per heavy atom. The van der Waals surface area contributed by atoms with Crippen molar-refractivity contribution in [1.29, 1.82) is 0 Å². The van der Waals surface area contributed by atoms with Crippen LogP contribution in [0.15, 0.2) is 109 Å². The summed E-state index contributed by atoms with van der Waals surface area (Å²) in [5.41, 5.74) is 2.62. The molecule has 2 unspecified atom stereocenters. The lowest BCUT2D eigenvalue weighted by molar-refractivity contribution is -0.136. The Balaban J connectivity index is 0.000000493. The van der Waals surface area contributed by atoms with Gasteiger partial charge in [-0.05, 0) is 73.0 Å². The van der Waals surface area contributed by atoms with Gasteiger partial charge in [-0.2, -0.15) is 0 Å². The summed E-state index contributed by atoms with van der Waals surface area (Å²) in [7, 11) is 6.58. The lowest BCUT2D eigenvalue weighted by Gasteiger charge is -2.28. The molecule has 10 heteroatoms. The molecule has 0 heterocycles. The van der Waals surface area contributed by atoms with Crippen LogP contribution in [0.5, 0.6) is 11.5 Å². The number of hydrogen-bond donors (Lipinski definition) is 2. The quantitative estimate of drug-likeness (QED) is 0.151. The first-order valence-electron chi connectivity index (χ1n) is 16.8. The monoisotopic (exact) mass is 694 g/mol. The SMILES string of the molecule is COc1ccc(N(C)C(=O)C(Cc2ccccc2)NC(=O)CC(C)(C)C(=O)NC(C)Cc2ccccc2)cc1.COc1ccc(N(C)C=O)cc1. The zero-order valence-corrected chi connectivity index (χ0v) is 30.6. The molecule has 0 radical (unpaired) electrons. The molecule has 0 aliphatic heterocycles. The summed E-state index contributed by atoms with van der Waals surface area (Å²) >= 11 is 0. The van der Waals surface area contributed by atoms with E-state index in [2.05, 4.69) is 10.6 Å². The molecule has 0 aliphatic carbocycles. The standard InChI is InChI=1S/C32H39N3O4.C9H11NO2/c1-23(20-24-12-8-6-9-13-24)33-31(38)32(2,3)22-29(36)34-28(21-25-14-10-7-11-15-25)30(37)35(4)26-16-18-27(39-5)19-17-26;1-10(7-11)8-3-5-9(12-2)6-4-8/h6-19,23,28H,20-22H2,1-5H3,(H,33,38)(H,34,36);3-7H,1-2H3. The number of carbonyl (C=O) groups excluding carboxylic acids is 4. The van der Waals surface area contributed by atoms with Gasteiger partial charge in [-0.1, -0.05) is 74.5 Å². The first-order valence-corrected chi connectivity index (χ1v) is 16.8. The van der Waals surface area contributed by atoms with Crippen LogP contribution in [-0.2, 0) is 32.0 Å². The van der Waals surface area contributed by atoms with E-state index in [9.17, 15) is 19.2 Å². The van der Waals surface area contributed by atoms with E-state index in [0.29, 0.717) is 24.3 Å². The van der Waals surface area contributed by atoms with Gasteiger partial charge in [0.05, 0.1) is 19.6 Å². The Labute approximate surface area is 301 Å². The Morgan fingerprint density at radius 1 is 0.706 bits per heavy atom. The van der Waals surface area contributed by atoms with Crippen molar-refractivity contribution in [3.05, 3.63) is 120 Å². The predicted octanol–water partition coefficient (Wildman–Crippen LogP) is 5.84. The van der Waals surface area contributed by atoms with Gasteiger partial charge in [0.2, 0.25) is 24.1 Å². The number of nitrogens with zero attached hydrogens (tertiary/aromatic N) is 2. The summed E-state index contributed by atoms with van der Waals surface area (Å²) in [6.45, 7) is 5.44. The maximum absolute atomic E-state index is 13.6. The fraction of sp³-hybridized carbons (Fsp3) is 0.317. The normalized spacial score (nSPS) is 11.8. The van der Waals surface area contributed by atoms with Gasteiger partial charge >= 0.3 is 0 Å². The lowest BCUT2D eigenvalue weighted by atomic mass is 9.87. The third kappa shape index (κ3) is 12.6. The number of ether oxygens (including phenoxy) is 2. The minimum absolute atomic E-state index is 0.0539. The molecule has 0 fully saturated rings. The average Bonchev–Trinajstić information content (AvgIpc) is 3.14. The van der Waals surface area contributed by atoms with Crippen molar-refractivity contribution in [2.45, 2.75) is 52.1 Å². The predicted molar refractivity (Wildman–Crippen MR) is 202 cm³/mol. The van der Waals surface area contributed by atoms with Crippen LogP contribution >= 0.6 is 0 Å². The second-order valence-corrected chi connectivity index (χ2v) is 12.9. The van der Waals surface area contributed by atoms with Crippen LogP contribution < -0.4 is 29.9 Å². The van der Waals surface area contributed by atoms with Crippen LogP contribution in [0.3, 0.4) is 0 Å². The number of rotatable bonds is 15. The Hall–Kier alpha value is -5.64. The summed E-state index contributed by atoms with van der Waals surface area (Å²) in [5, 5.41) is 5.94. The smallest absolute Gasteiger partial charge is 0.249 e. The Morgan fingerprint density at radius 2 is 1.18 bits per heavy atom. The van der Waals surface area contributed by atoms with Gasteiger partial charge in [0, 0.05) is 44.4 Å². The number of hydrogen-bond acceptors (Lipinski definition) is 6. The van der Waals surface area contributed by atoms with Crippen molar-refractivity contribution in [3.63, 3.8) is 0 Å². The zero-order chi connectivity index (χ0) is 37.4. The average molecular weight is 695 g/mol. The molecule has 51 heavy (non-hydrogen) atoms. The summed E-state index contributed by atoms with van der Waals surface area (Å²) in [6.07, 6.45) is 1.73. The van der Waals surface area contributed by atoms with Gasteiger partial charge in [0.1, 0.15) is 17.5 Å². The van der Waals surface area contributed by atoms with Gasteiger partial charge in [-0.15, -0.1) is 0 Å². The van der Waals surface area contributed by atoms with Crippen molar-refractivity contribution in [2.24, 2.45) is 5.41 Å². The van der Waals surface area contributed by atoms with E-state index in [1.54, 1.807) is 66.4 Å². The molecule has 0 aromatic heterocycles. The highest BCUT2D eigenvalue weighted by molar-refractivity contribution is 5.99. The molecule has 0 spiro atoms. The first-order chi connectivity index (χ1) is 24.4. The van der Waals surface area contributed by atoms with Crippen LogP contribution in [0.25, 0.3) is 0 Å². The molecule has 4 aromatic rings. The molecule has 0 aliphatic rings. The molecule has 0 bridgehead atoms. The molecule has 4 rings (SSSR count). The number of carbonyl (C=O) groups is 4. The first kappa shape index (κ1) is 39.8. The zero-order valence-electron chi connectivity index (χ0n) is 30.6. The molecule has 0 saturated carbocycles. The number of methoxy groups -OCH3 is 2. The number of amides is 4. The number of anilines is 2. The van der Waals surface area contributed by atoms with E-state index in [0.717, 1.165) is 29.0 Å². The molecular weight excluding hydrogens is 644 g/mol. The van der Waals surface area contributed by atoms with E-state index in [1.807, 2.05) is 91.9 Å². The molecule has 10 nitrogen and oxygen atoms in total. The van der Waals surface area contributed by atoms with E-state index >= 15 is 0 Å². The maximum atomic E-state index is 13.6. The minimum Gasteiger partial charge on any atom is -0.497 e. The molecule has 4 aromatic carbocycles. The molecule has 2 atom stereocenters. The highest BCUT2D eigenvalue weighted by Gasteiger charge is 2.33. The molecule has 0 saturated heterocycles. The highest BCUT2D eigenvalue weighted by Crippen LogP contribution is 2.23. The fourth-order valence-electron chi connectivity index (χ4n) is 5.26. The summed E-state index contributed by atoms with van der Waals surface area (Å²) in [6, 6.07) is 33.0. The molecular formula is C41H50N4O6. The fourth-order valence-corrected chi connectivity index (χ4v) is 5.26. The topological polar surface area (TPSA) is 117 Å². The third-order valence-corrected chi connectivity index (χ3v) is 8.32. The van der Waals surface area contributed by atoms with Crippen LogP contribution in [-0.4, -0.2) is 64.5 Å². The van der Waals surface area contributed by atoms with Crippen LogP contribution in [0.2, 0.25) is 0 Å². The Bertz CT molecular complexity index is 1680. The molecule has 2 N–H and O–H groups in total. The van der Waals surface area contributed by atoms with E-state index in [-0.39, 0.29) is 30.2 Å². The summed E-state index contributed by atoms with van der Waals surface area (Å²) in [4.78, 5) is 53.2. The van der Waals surface area contributed by atoms with Gasteiger partial charge in [-0.3, -0.25) is 19.2 Å². The van der Waals surface area contributed by atoms with E-state index < -0.39 is 11.5 Å². The molecule has 270 valence electrons. The summed E-state index contributed by atoms with van der Waals surface area (Å²) < 4.78 is 10.2. The number of likely N-dealkylation sites (N-methyl/N-ethyl adjacent to an activating group) is 1. The highest BCUT2D eigenvalue weighted by atomic mass is 16.5. The second-order valence-electron chi connectivity index (χ2n) is 12.9. The lowest BCUT2D eigenvalue weighted by Crippen LogP contribution is -2.51. The van der Waals surface area contributed by atoms with Crippen molar-refractivity contribution < 1.29 is 28.7 Å². The van der Waals surface area contributed by atoms with Crippen molar-refractivity contribution in [3.8, 4) is 11.5 Å². The molecule has 4 amide bonds. The minimum atomic E-state index is -0.961. The van der Waals surface area contributed by atoms with Crippen molar-refractivity contribution in [1.82, 2.24) is 10.6 Å². The van der Waals surface area contributed by atoms with E-state index in [1.165, 1.54) is 9.80 Å². The second kappa shape index (κ2) is 19.5. The van der Waals surface area contributed by atoms with E-state index in [4.69, 9.17) is 9.47 Å². The van der Waals surface area contributed by atoms with Gasteiger partial charge in [0.25, 0.3) is 0 Å². The maximum Gasteiger partial charge on any atom is 0.249 e. The van der Waals surface area contributed by atoms with Crippen LogP contribution in [0, 0.1) is 5.41 Å². The number of nitrogens with one attached hydrogen (secondary N) is 2. The van der Waals surface area contributed by atoms with Gasteiger partial charge < -0.3 is 29.9 Å². The van der Waals surface area contributed by atoms with Gasteiger partial charge in [-0.25, -0.2) is 0 Å². The van der Waals surface area contributed by atoms with Gasteiger partial charge in [0.15, 0.2) is 0 Å². The number of benzene rings is 4. The van der Waals surface area contributed by atoms with Crippen LogP contribution in [0.1, 0.15) is 38.3 Å². The third-order valence-electron chi connectivity index (χ3n) is 8.32. The Kier molecular flexibility index (Phi) is 15.2.